The summed E-state index contributed by atoms with van der Waals surface area (Å²) in [5.41, 5.74) is 0. The van der Waals surface area contributed by atoms with Crippen molar-refractivity contribution < 1.29 is 117 Å². The molecule has 11 N–H and O–H groups in total. The summed E-state index contributed by atoms with van der Waals surface area (Å²) in [6.07, 6.45) is 12.7. The maximum Gasteiger partial charge on any atom is 0.472 e. The molecule has 18 atom stereocenters. The van der Waals surface area contributed by atoms with Crippen molar-refractivity contribution in [3.05, 3.63) is 12.2 Å². The van der Waals surface area contributed by atoms with Gasteiger partial charge in [-0.1, -0.05) is 245 Å². The van der Waals surface area contributed by atoms with Gasteiger partial charge in [-0.3, -0.25) is 23.4 Å². The van der Waals surface area contributed by atoms with Crippen LogP contribution in [0, 0.1) is 0 Å². The van der Waals surface area contributed by atoms with Gasteiger partial charge in [0.2, 0.25) is 0 Å². The van der Waals surface area contributed by atoms with Crippen molar-refractivity contribution in [3.63, 3.8) is 0 Å². The zero-order chi connectivity index (χ0) is 71.1. The van der Waals surface area contributed by atoms with Gasteiger partial charge in [0.25, 0.3) is 0 Å². The molecular formula is C72H133O24P. The van der Waals surface area contributed by atoms with E-state index in [1.807, 2.05) is 0 Å². The van der Waals surface area contributed by atoms with Gasteiger partial charge >= 0.3 is 25.7 Å². The number of phosphoric ester groups is 1. The molecule has 0 radical (unpaired) electrons. The summed E-state index contributed by atoms with van der Waals surface area (Å²) < 4.78 is 65.0. The normalized spacial score (nSPS) is 27.8. The molecule has 3 rings (SSSR count). The van der Waals surface area contributed by atoms with Crippen molar-refractivity contribution >= 4 is 25.7 Å². The molecule has 24 nitrogen and oxygen atoms in total. The molecule has 0 aromatic rings. The van der Waals surface area contributed by atoms with Crippen LogP contribution < -0.4 is 0 Å². The second-order valence-electron chi connectivity index (χ2n) is 27.4. The van der Waals surface area contributed by atoms with Gasteiger partial charge < -0.3 is 89.1 Å². The van der Waals surface area contributed by atoms with Crippen LogP contribution in [0.1, 0.15) is 297 Å². The number of phosphoric acid groups is 1. The Bertz CT molecular complexity index is 2060. The zero-order valence-electron chi connectivity index (χ0n) is 59.4. The molecular weight excluding hydrogens is 1280 g/mol. The second-order valence-corrected chi connectivity index (χ2v) is 28.8. The lowest BCUT2D eigenvalue weighted by Crippen LogP contribution is -2.69. The first-order valence-corrected chi connectivity index (χ1v) is 39.5. The van der Waals surface area contributed by atoms with E-state index in [1.165, 1.54) is 122 Å². The van der Waals surface area contributed by atoms with Crippen LogP contribution in [0.4, 0.5) is 0 Å². The minimum Gasteiger partial charge on any atom is -0.463 e. The van der Waals surface area contributed by atoms with Gasteiger partial charge in [-0.25, -0.2) is 4.57 Å². The molecule has 0 amide bonds. The van der Waals surface area contributed by atoms with E-state index in [1.54, 1.807) is 0 Å². The number of allylic oxidation sites excluding steroid dienone is 2. The highest BCUT2D eigenvalue weighted by Crippen LogP contribution is 2.49. The Balaban J connectivity index is 1.73. The van der Waals surface area contributed by atoms with E-state index in [9.17, 15) is 74.9 Å². The average molecular weight is 1410 g/mol. The fourth-order valence-electron chi connectivity index (χ4n) is 12.6. The predicted octanol–water partition coefficient (Wildman–Crippen LogP) is 10.4. The summed E-state index contributed by atoms with van der Waals surface area (Å²) >= 11 is 0. The molecule has 1 aliphatic carbocycles. The minimum atomic E-state index is -5.69. The Morgan fingerprint density at radius 1 is 0.392 bits per heavy atom. The number of ether oxygens (including phenoxy) is 7. The lowest BCUT2D eigenvalue weighted by Gasteiger charge is -2.49. The van der Waals surface area contributed by atoms with E-state index < -0.39 is 156 Å². The van der Waals surface area contributed by atoms with Crippen LogP contribution in [-0.4, -0.2) is 204 Å². The Hall–Kier alpha value is -2.30. The standard InChI is InChI=1S/C72H133O24P/c1-4-7-10-13-16-19-22-25-27-29-32-35-38-41-44-47-57(75)89-52-55-60(78)62(80)67(85)72(93-55)95-69-65(83)63(81)64(82)68(94-71-66(84)61(79)59(77)54(49-73)92-71)70(69)96-97(86,87)90-51-53(50-88-56(74)46-43-40-37-34-31-24-21-18-15-12-9-6-3)91-58(76)48-45-42-39-36-33-30-28-26-23-20-17-14-11-8-5-2/h19,22,53-55,59-73,77-85H,4-18,20-21,23-52H2,1-3H3,(H,86,87)/b22-19-. The smallest absolute Gasteiger partial charge is 0.463 e. The lowest BCUT2D eigenvalue weighted by atomic mass is 9.84. The number of unbranched alkanes of at least 4 members (excludes halogenated alkanes) is 36. The van der Waals surface area contributed by atoms with Crippen molar-refractivity contribution in [1.82, 2.24) is 0 Å². The summed E-state index contributed by atoms with van der Waals surface area (Å²) in [5.74, 6) is -1.98. The number of carbonyl (C=O) groups excluding carboxylic acids is 3. The molecule has 3 fully saturated rings. The summed E-state index contributed by atoms with van der Waals surface area (Å²) in [4.78, 5) is 51.0. The molecule has 97 heavy (non-hydrogen) atoms. The van der Waals surface area contributed by atoms with Crippen molar-refractivity contribution in [2.45, 2.75) is 401 Å². The molecule has 570 valence electrons. The fourth-order valence-corrected chi connectivity index (χ4v) is 13.5. The number of aliphatic hydroxyl groups excluding tert-OH is 10. The van der Waals surface area contributed by atoms with E-state index in [4.69, 9.17) is 42.2 Å². The molecule has 18 unspecified atom stereocenters. The highest BCUT2D eigenvalue weighted by Gasteiger charge is 2.58. The monoisotopic (exact) mass is 1410 g/mol. The van der Waals surface area contributed by atoms with E-state index in [0.29, 0.717) is 19.3 Å². The third kappa shape index (κ3) is 37.6. The van der Waals surface area contributed by atoms with Gasteiger partial charge in [-0.05, 0) is 44.9 Å². The SMILES string of the molecule is CCCCCC/C=C\CCCCCCCCCC(=O)OCC1OC(OC2C(O)C(O)C(O)C(OC3OC(CO)C(O)C(O)C3O)C2OP(=O)(O)OCC(COC(=O)CCCCCCCCCCCCCC)OC(=O)CCCCCCCCCCCCCCCCC)C(O)C(O)C1O. The number of aliphatic hydroxyl groups is 10. The van der Waals surface area contributed by atoms with E-state index in [0.717, 1.165) is 116 Å². The summed E-state index contributed by atoms with van der Waals surface area (Å²) in [7, 11) is -5.69. The zero-order valence-corrected chi connectivity index (χ0v) is 60.3. The van der Waals surface area contributed by atoms with Crippen LogP contribution in [-0.2, 0) is 61.2 Å². The maximum absolute atomic E-state index is 14.3. The number of carbonyl (C=O) groups is 3. The van der Waals surface area contributed by atoms with E-state index >= 15 is 0 Å². The number of esters is 3. The summed E-state index contributed by atoms with van der Waals surface area (Å²) in [6, 6.07) is 0. The van der Waals surface area contributed by atoms with E-state index in [2.05, 4.69) is 32.9 Å². The fraction of sp³-hybridized carbons (Fsp3) is 0.931. The quantitative estimate of drug-likeness (QED) is 0.00886. The molecule has 2 heterocycles. The van der Waals surface area contributed by atoms with Crippen LogP contribution in [0.25, 0.3) is 0 Å². The Kier molecular flexibility index (Phi) is 49.8. The lowest BCUT2D eigenvalue weighted by molar-refractivity contribution is -0.360. The van der Waals surface area contributed by atoms with Crippen molar-refractivity contribution in [1.29, 1.82) is 0 Å². The van der Waals surface area contributed by atoms with Gasteiger partial charge in [0.15, 0.2) is 18.7 Å². The number of hydrogen-bond donors (Lipinski definition) is 11. The highest BCUT2D eigenvalue weighted by molar-refractivity contribution is 7.47. The van der Waals surface area contributed by atoms with Gasteiger partial charge in [0.1, 0.15) is 98.7 Å². The molecule has 0 spiro atoms. The Morgan fingerprint density at radius 3 is 1.12 bits per heavy atom. The third-order valence-corrected chi connectivity index (χ3v) is 19.8. The molecule has 0 aromatic heterocycles. The average Bonchev–Trinajstić information content (AvgIpc) is 0.778. The van der Waals surface area contributed by atoms with Crippen molar-refractivity contribution in [2.75, 3.05) is 26.4 Å². The maximum atomic E-state index is 14.3. The molecule has 3 aliphatic rings. The third-order valence-electron chi connectivity index (χ3n) is 18.8. The first kappa shape index (κ1) is 88.9. The van der Waals surface area contributed by atoms with E-state index in [-0.39, 0.29) is 19.3 Å². The summed E-state index contributed by atoms with van der Waals surface area (Å²) in [6.45, 7) is 3.44. The van der Waals surface area contributed by atoms with Gasteiger partial charge in [0, 0.05) is 19.3 Å². The molecule has 2 saturated heterocycles. The Labute approximate surface area is 580 Å². The molecule has 25 heteroatoms. The first-order valence-electron chi connectivity index (χ1n) is 38.0. The molecule has 2 aliphatic heterocycles. The van der Waals surface area contributed by atoms with Gasteiger partial charge in [-0.15, -0.1) is 0 Å². The van der Waals surface area contributed by atoms with Crippen LogP contribution in [0.15, 0.2) is 12.2 Å². The number of hydrogen-bond acceptors (Lipinski definition) is 23. The molecule has 1 saturated carbocycles. The highest BCUT2D eigenvalue weighted by atomic mass is 31.2. The topological polar surface area (TPSA) is 374 Å². The predicted molar refractivity (Wildman–Crippen MR) is 365 cm³/mol. The van der Waals surface area contributed by atoms with Crippen LogP contribution in [0.2, 0.25) is 0 Å². The number of rotatable bonds is 59. The van der Waals surface area contributed by atoms with Crippen LogP contribution in [0.5, 0.6) is 0 Å². The Morgan fingerprint density at radius 2 is 0.722 bits per heavy atom. The van der Waals surface area contributed by atoms with Gasteiger partial charge in [0.05, 0.1) is 13.2 Å². The van der Waals surface area contributed by atoms with Crippen molar-refractivity contribution in [2.24, 2.45) is 0 Å². The molecule has 0 aromatic carbocycles. The first-order chi connectivity index (χ1) is 46.8. The second kappa shape index (κ2) is 54.4. The molecule has 0 bridgehead atoms. The van der Waals surface area contributed by atoms with Crippen molar-refractivity contribution in [3.8, 4) is 0 Å². The summed E-state index contributed by atoms with van der Waals surface area (Å²) in [5, 5.41) is 110. The largest absolute Gasteiger partial charge is 0.472 e. The van der Waals surface area contributed by atoms with Crippen LogP contribution in [0.3, 0.4) is 0 Å². The van der Waals surface area contributed by atoms with Crippen LogP contribution >= 0.6 is 7.82 Å². The van der Waals surface area contributed by atoms with Gasteiger partial charge in [-0.2, -0.15) is 0 Å². The minimum absolute atomic E-state index is 0.0248.